The largest absolute Gasteiger partial charge is 0.319 e. The van der Waals surface area contributed by atoms with Gasteiger partial charge in [-0.2, -0.15) is 10.2 Å². The Kier molecular flexibility index (Phi) is 3.46. The van der Waals surface area contributed by atoms with Crippen LogP contribution in [0, 0.1) is 13.8 Å². The summed E-state index contributed by atoms with van der Waals surface area (Å²) in [5.41, 5.74) is 3.06. The van der Waals surface area contributed by atoms with Gasteiger partial charge < -0.3 is 5.32 Å². The van der Waals surface area contributed by atoms with Crippen molar-refractivity contribution in [2.45, 2.75) is 13.8 Å². The molecule has 7 heteroatoms. The van der Waals surface area contributed by atoms with Gasteiger partial charge in [0.1, 0.15) is 0 Å². The van der Waals surface area contributed by atoms with Crippen molar-refractivity contribution in [3.63, 3.8) is 0 Å². The summed E-state index contributed by atoms with van der Waals surface area (Å²) in [4.78, 5) is 16.4. The van der Waals surface area contributed by atoms with Crippen molar-refractivity contribution in [1.82, 2.24) is 24.5 Å². The van der Waals surface area contributed by atoms with Crippen LogP contribution in [-0.2, 0) is 7.05 Å². The smallest absolute Gasteiger partial charge is 0.257 e. The SMILES string of the molecule is Cc1cc(C)n(-c2ccc(C(=O)Nc3cnn(C)c3)cn2)n1. The van der Waals surface area contributed by atoms with E-state index in [2.05, 4.69) is 20.5 Å². The minimum absolute atomic E-state index is 0.222. The average molecular weight is 296 g/mol. The second-order valence-corrected chi connectivity index (χ2v) is 5.10. The lowest BCUT2D eigenvalue weighted by molar-refractivity contribution is 0.102. The monoisotopic (exact) mass is 296 g/mol. The van der Waals surface area contributed by atoms with Gasteiger partial charge in [-0.15, -0.1) is 0 Å². The molecule has 3 aromatic rings. The third-order valence-corrected chi connectivity index (χ3v) is 3.20. The second kappa shape index (κ2) is 5.44. The molecule has 0 aromatic carbocycles. The van der Waals surface area contributed by atoms with Gasteiger partial charge in [0.2, 0.25) is 0 Å². The zero-order valence-electron chi connectivity index (χ0n) is 12.6. The van der Waals surface area contributed by atoms with Gasteiger partial charge in [-0.1, -0.05) is 0 Å². The summed E-state index contributed by atoms with van der Waals surface area (Å²) >= 11 is 0. The number of aryl methyl sites for hydroxylation is 3. The fourth-order valence-corrected chi connectivity index (χ4v) is 2.20. The molecule has 0 saturated heterocycles. The van der Waals surface area contributed by atoms with Crippen molar-refractivity contribution in [3.8, 4) is 5.82 Å². The van der Waals surface area contributed by atoms with Gasteiger partial charge in [-0.05, 0) is 32.0 Å². The first-order chi connectivity index (χ1) is 10.5. The molecule has 0 spiro atoms. The number of hydrogen-bond acceptors (Lipinski definition) is 4. The quantitative estimate of drug-likeness (QED) is 0.800. The Hall–Kier alpha value is -2.96. The molecule has 0 saturated carbocycles. The predicted molar refractivity (Wildman–Crippen MR) is 82.0 cm³/mol. The summed E-state index contributed by atoms with van der Waals surface area (Å²) in [6, 6.07) is 5.48. The van der Waals surface area contributed by atoms with Crippen LogP contribution in [0.25, 0.3) is 5.82 Å². The lowest BCUT2D eigenvalue weighted by atomic mass is 10.2. The van der Waals surface area contributed by atoms with Crippen molar-refractivity contribution >= 4 is 11.6 Å². The van der Waals surface area contributed by atoms with Crippen molar-refractivity contribution in [1.29, 1.82) is 0 Å². The van der Waals surface area contributed by atoms with Crippen LogP contribution in [0.4, 0.5) is 5.69 Å². The minimum atomic E-state index is -0.222. The maximum atomic E-state index is 12.1. The summed E-state index contributed by atoms with van der Waals surface area (Å²) in [6.45, 7) is 3.89. The molecule has 0 aliphatic carbocycles. The molecule has 22 heavy (non-hydrogen) atoms. The number of anilines is 1. The van der Waals surface area contributed by atoms with Crippen LogP contribution in [0.5, 0.6) is 0 Å². The van der Waals surface area contributed by atoms with E-state index in [1.54, 1.807) is 40.9 Å². The van der Waals surface area contributed by atoms with E-state index in [4.69, 9.17) is 0 Å². The van der Waals surface area contributed by atoms with Crippen LogP contribution in [0.2, 0.25) is 0 Å². The van der Waals surface area contributed by atoms with E-state index in [0.29, 0.717) is 17.1 Å². The van der Waals surface area contributed by atoms with E-state index >= 15 is 0 Å². The van der Waals surface area contributed by atoms with Crippen molar-refractivity contribution in [2.75, 3.05) is 5.32 Å². The van der Waals surface area contributed by atoms with Gasteiger partial charge in [0.25, 0.3) is 5.91 Å². The van der Waals surface area contributed by atoms with Gasteiger partial charge in [0.15, 0.2) is 5.82 Å². The molecule has 0 fully saturated rings. The summed E-state index contributed by atoms with van der Waals surface area (Å²) in [5, 5.41) is 11.1. The number of nitrogens with zero attached hydrogens (tertiary/aromatic N) is 5. The molecule has 0 unspecified atom stereocenters. The number of carbonyl (C=O) groups excluding carboxylic acids is 1. The summed E-state index contributed by atoms with van der Waals surface area (Å²) in [5.74, 6) is 0.462. The van der Waals surface area contributed by atoms with Crippen molar-refractivity contribution in [3.05, 3.63) is 53.7 Å². The van der Waals surface area contributed by atoms with E-state index in [-0.39, 0.29) is 5.91 Å². The van der Waals surface area contributed by atoms with E-state index in [1.807, 2.05) is 19.9 Å². The molecule has 112 valence electrons. The lowest BCUT2D eigenvalue weighted by Gasteiger charge is -2.05. The Morgan fingerprint density at radius 1 is 1.23 bits per heavy atom. The minimum Gasteiger partial charge on any atom is -0.319 e. The molecular formula is C15H16N6O. The molecule has 7 nitrogen and oxygen atoms in total. The summed E-state index contributed by atoms with van der Waals surface area (Å²) in [7, 11) is 1.79. The first-order valence-electron chi connectivity index (χ1n) is 6.82. The third-order valence-electron chi connectivity index (χ3n) is 3.20. The lowest BCUT2D eigenvalue weighted by Crippen LogP contribution is -2.12. The van der Waals surface area contributed by atoms with Crippen molar-refractivity contribution < 1.29 is 4.79 Å². The van der Waals surface area contributed by atoms with Crippen molar-refractivity contribution in [2.24, 2.45) is 7.05 Å². The zero-order chi connectivity index (χ0) is 15.7. The maximum Gasteiger partial charge on any atom is 0.257 e. The first-order valence-corrected chi connectivity index (χ1v) is 6.82. The predicted octanol–water partition coefficient (Wildman–Crippen LogP) is 1.87. The highest BCUT2D eigenvalue weighted by molar-refractivity contribution is 6.03. The maximum absolute atomic E-state index is 12.1. The Morgan fingerprint density at radius 2 is 2.05 bits per heavy atom. The number of hydrogen-bond donors (Lipinski definition) is 1. The summed E-state index contributed by atoms with van der Waals surface area (Å²) in [6.07, 6.45) is 4.86. The highest BCUT2D eigenvalue weighted by Crippen LogP contribution is 2.12. The van der Waals surface area contributed by atoms with Crippen LogP contribution in [0.1, 0.15) is 21.7 Å². The molecule has 0 bridgehead atoms. The Labute approximate surface area is 127 Å². The summed E-state index contributed by atoms with van der Waals surface area (Å²) < 4.78 is 3.37. The number of carbonyl (C=O) groups is 1. The molecule has 1 N–H and O–H groups in total. The average Bonchev–Trinajstić information content (AvgIpc) is 3.04. The van der Waals surface area contributed by atoms with Crippen LogP contribution in [-0.4, -0.2) is 30.5 Å². The number of amides is 1. The fourth-order valence-electron chi connectivity index (χ4n) is 2.20. The van der Waals surface area contributed by atoms with Crippen LogP contribution in [0.15, 0.2) is 36.8 Å². The van der Waals surface area contributed by atoms with Gasteiger partial charge in [-0.3, -0.25) is 9.48 Å². The standard InChI is InChI=1S/C15H16N6O/c1-10-6-11(2)21(19-10)14-5-4-12(7-16-14)15(22)18-13-8-17-20(3)9-13/h4-9H,1-3H3,(H,18,22). The van der Waals surface area contributed by atoms with Gasteiger partial charge in [0.05, 0.1) is 23.1 Å². The molecular weight excluding hydrogens is 280 g/mol. The number of rotatable bonds is 3. The van der Waals surface area contributed by atoms with Gasteiger partial charge in [-0.25, -0.2) is 9.67 Å². The number of pyridine rings is 1. The van der Waals surface area contributed by atoms with Crippen LogP contribution >= 0.6 is 0 Å². The molecule has 0 aliphatic rings. The Balaban J connectivity index is 1.79. The Morgan fingerprint density at radius 3 is 2.59 bits per heavy atom. The molecule has 0 radical (unpaired) electrons. The highest BCUT2D eigenvalue weighted by atomic mass is 16.1. The van der Waals surface area contributed by atoms with Gasteiger partial charge in [0, 0.05) is 25.1 Å². The first kappa shape index (κ1) is 14.0. The van der Waals surface area contributed by atoms with E-state index < -0.39 is 0 Å². The molecule has 3 aromatic heterocycles. The van der Waals surface area contributed by atoms with Crippen LogP contribution in [0.3, 0.4) is 0 Å². The van der Waals surface area contributed by atoms with Gasteiger partial charge >= 0.3 is 0 Å². The van der Waals surface area contributed by atoms with Crippen LogP contribution < -0.4 is 5.32 Å². The highest BCUT2D eigenvalue weighted by Gasteiger charge is 2.10. The number of nitrogens with one attached hydrogen (secondary N) is 1. The molecule has 1 amide bonds. The van der Waals surface area contributed by atoms with E-state index in [9.17, 15) is 4.79 Å². The van der Waals surface area contributed by atoms with E-state index in [1.165, 1.54) is 6.20 Å². The third kappa shape index (κ3) is 2.73. The number of aromatic nitrogens is 5. The molecule has 3 rings (SSSR count). The molecule has 0 atom stereocenters. The topological polar surface area (TPSA) is 77.6 Å². The molecule has 3 heterocycles. The second-order valence-electron chi connectivity index (χ2n) is 5.10. The van der Waals surface area contributed by atoms with E-state index in [0.717, 1.165) is 11.4 Å². The fraction of sp³-hybridized carbons (Fsp3) is 0.200. The molecule has 0 aliphatic heterocycles. The Bertz CT molecular complexity index is 815. The normalized spacial score (nSPS) is 10.7. The zero-order valence-corrected chi connectivity index (χ0v) is 12.6.